The van der Waals surface area contributed by atoms with Gasteiger partial charge in [0.15, 0.2) is 11.6 Å². The Morgan fingerprint density at radius 3 is 2.59 bits per heavy atom. The average Bonchev–Trinajstić information content (AvgIpc) is 3.76. The Morgan fingerprint density at radius 2 is 1.83 bits per heavy atom. The molecule has 0 spiro atoms. The summed E-state index contributed by atoms with van der Waals surface area (Å²) in [5.74, 6) is 0.290. The van der Waals surface area contributed by atoms with Crippen LogP contribution in [0, 0.1) is 5.82 Å². The van der Waals surface area contributed by atoms with Gasteiger partial charge in [-0.1, -0.05) is 34.6 Å². The van der Waals surface area contributed by atoms with Crippen LogP contribution in [0.4, 0.5) is 15.9 Å². The van der Waals surface area contributed by atoms with E-state index in [9.17, 15) is 9.59 Å². The third kappa shape index (κ3) is 5.49. The molecule has 2 aromatic carbocycles. The molecule has 1 aliphatic rings. The van der Waals surface area contributed by atoms with Crippen molar-refractivity contribution in [3.05, 3.63) is 84.2 Å². The molecule has 0 atom stereocenters. The van der Waals surface area contributed by atoms with E-state index >= 15 is 4.39 Å². The standard InChI is InChI=1S/C29H28FN7O4/c1-35-24-5-3-2-4-20(24)15-26(35)29(39)32-18-28(38)37-11-9-36(10-12-37)25-7-6-19(14-22(25)30)23-16-21(41-33-23)17-31-27-8-13-40-34-27/h2-8,13-16H,9-12,17-18H2,1H3,(H,31,34)(H,32,39). The number of nitrogens with zero attached hydrogens (tertiary/aromatic N) is 5. The summed E-state index contributed by atoms with van der Waals surface area (Å²) in [6.07, 6.45) is 1.46. The van der Waals surface area contributed by atoms with E-state index in [4.69, 9.17) is 9.05 Å². The molecule has 0 aliphatic carbocycles. The van der Waals surface area contributed by atoms with Crippen molar-refractivity contribution < 1.29 is 23.0 Å². The fourth-order valence-electron chi connectivity index (χ4n) is 5.00. The van der Waals surface area contributed by atoms with Gasteiger partial charge < -0.3 is 34.0 Å². The molecule has 1 fully saturated rings. The lowest BCUT2D eigenvalue weighted by Crippen LogP contribution is -2.51. The summed E-state index contributed by atoms with van der Waals surface area (Å²) in [4.78, 5) is 29.1. The smallest absolute Gasteiger partial charge is 0.268 e. The largest absolute Gasteiger partial charge is 0.366 e. The molecule has 0 radical (unpaired) electrons. The number of hydrogen-bond donors (Lipinski definition) is 2. The van der Waals surface area contributed by atoms with Crippen molar-refractivity contribution in [1.29, 1.82) is 0 Å². The van der Waals surface area contributed by atoms with Gasteiger partial charge in [0, 0.05) is 61.8 Å². The number of benzene rings is 2. The van der Waals surface area contributed by atoms with Crippen molar-refractivity contribution in [1.82, 2.24) is 25.1 Å². The van der Waals surface area contributed by atoms with E-state index in [1.54, 1.807) is 29.2 Å². The third-order valence-corrected chi connectivity index (χ3v) is 7.24. The van der Waals surface area contributed by atoms with Crippen LogP contribution >= 0.6 is 0 Å². The summed E-state index contributed by atoms with van der Waals surface area (Å²) in [5.41, 5.74) is 3.02. The fourth-order valence-corrected chi connectivity index (χ4v) is 5.00. The predicted octanol–water partition coefficient (Wildman–Crippen LogP) is 3.65. The summed E-state index contributed by atoms with van der Waals surface area (Å²) in [5, 5.41) is 14.6. The second kappa shape index (κ2) is 11.2. The van der Waals surface area contributed by atoms with Gasteiger partial charge in [0.25, 0.3) is 5.91 Å². The van der Waals surface area contributed by atoms with Gasteiger partial charge in [-0.25, -0.2) is 4.39 Å². The number of aryl methyl sites for hydroxylation is 1. The van der Waals surface area contributed by atoms with E-state index in [2.05, 4.69) is 20.9 Å². The number of aromatic nitrogens is 3. The zero-order valence-corrected chi connectivity index (χ0v) is 22.3. The fraction of sp³-hybridized carbons (Fsp3) is 0.241. The Kier molecular flexibility index (Phi) is 7.11. The lowest BCUT2D eigenvalue weighted by atomic mass is 10.1. The van der Waals surface area contributed by atoms with Crippen LogP contribution in [0.3, 0.4) is 0 Å². The van der Waals surface area contributed by atoms with Gasteiger partial charge >= 0.3 is 0 Å². The first-order valence-corrected chi connectivity index (χ1v) is 13.2. The molecule has 1 saturated heterocycles. The lowest BCUT2D eigenvalue weighted by Gasteiger charge is -2.36. The van der Waals surface area contributed by atoms with Crippen molar-refractivity contribution in [2.45, 2.75) is 6.54 Å². The van der Waals surface area contributed by atoms with Crippen molar-refractivity contribution in [3.8, 4) is 11.3 Å². The molecule has 6 rings (SSSR count). The van der Waals surface area contributed by atoms with Gasteiger partial charge in [-0.05, 0) is 24.3 Å². The van der Waals surface area contributed by atoms with Crippen LogP contribution in [0.2, 0.25) is 0 Å². The van der Waals surface area contributed by atoms with E-state index in [0.717, 1.165) is 10.9 Å². The molecule has 12 heteroatoms. The minimum atomic E-state index is -0.380. The zero-order valence-electron chi connectivity index (χ0n) is 22.3. The topological polar surface area (TPSA) is 122 Å². The molecule has 0 bridgehead atoms. The number of para-hydroxylation sites is 1. The number of carbonyl (C=O) groups excluding carboxylic acids is 2. The van der Waals surface area contributed by atoms with Crippen LogP contribution in [-0.4, -0.2) is 64.3 Å². The van der Waals surface area contributed by atoms with Crippen LogP contribution in [0.15, 0.2) is 76.0 Å². The van der Waals surface area contributed by atoms with Crippen LogP contribution in [0.1, 0.15) is 16.2 Å². The average molecular weight is 558 g/mol. The Bertz CT molecular complexity index is 1690. The van der Waals surface area contributed by atoms with E-state index in [1.165, 1.54) is 12.3 Å². The first-order chi connectivity index (χ1) is 20.0. The molecule has 2 amide bonds. The van der Waals surface area contributed by atoms with Gasteiger partial charge in [0.2, 0.25) is 5.91 Å². The molecular weight excluding hydrogens is 529 g/mol. The number of amides is 2. The van der Waals surface area contributed by atoms with Crippen molar-refractivity contribution in [2.24, 2.45) is 7.05 Å². The van der Waals surface area contributed by atoms with Gasteiger partial charge in [0.05, 0.1) is 18.8 Å². The Balaban J connectivity index is 1.01. The molecule has 1 aliphatic heterocycles. The molecule has 210 valence electrons. The minimum absolute atomic E-state index is 0.1000. The lowest BCUT2D eigenvalue weighted by molar-refractivity contribution is -0.130. The maximum absolute atomic E-state index is 15.1. The number of fused-ring (bicyclic) bond motifs is 1. The molecule has 5 aromatic rings. The summed E-state index contributed by atoms with van der Waals surface area (Å²) in [7, 11) is 1.83. The highest BCUT2D eigenvalue weighted by molar-refractivity contribution is 6.00. The van der Waals surface area contributed by atoms with Gasteiger partial charge in [-0.3, -0.25) is 9.59 Å². The van der Waals surface area contributed by atoms with Crippen LogP contribution < -0.4 is 15.5 Å². The van der Waals surface area contributed by atoms with Gasteiger partial charge in [-0.15, -0.1) is 0 Å². The Morgan fingerprint density at radius 1 is 1.00 bits per heavy atom. The van der Waals surface area contributed by atoms with Gasteiger partial charge in [-0.2, -0.15) is 0 Å². The Labute approximate surface area is 234 Å². The normalized spacial score (nSPS) is 13.5. The van der Waals surface area contributed by atoms with Crippen LogP contribution in [0.25, 0.3) is 22.2 Å². The molecule has 3 aromatic heterocycles. The van der Waals surface area contributed by atoms with Crippen LogP contribution in [-0.2, 0) is 18.4 Å². The number of nitrogens with one attached hydrogen (secondary N) is 2. The molecule has 0 saturated carbocycles. The summed E-state index contributed by atoms with van der Waals surface area (Å²) < 4.78 is 27.1. The molecule has 11 nitrogen and oxygen atoms in total. The first-order valence-electron chi connectivity index (χ1n) is 13.2. The highest BCUT2D eigenvalue weighted by Crippen LogP contribution is 2.27. The maximum Gasteiger partial charge on any atom is 0.268 e. The monoisotopic (exact) mass is 557 g/mol. The SMILES string of the molecule is Cn1c(C(=O)NCC(=O)N2CCN(c3ccc(-c4cc(CNc5ccon5)on4)cc3F)CC2)cc2ccccc21. The highest BCUT2D eigenvalue weighted by Gasteiger charge is 2.24. The molecule has 0 unspecified atom stereocenters. The second-order valence-electron chi connectivity index (χ2n) is 9.78. The highest BCUT2D eigenvalue weighted by atomic mass is 19.1. The molecule has 41 heavy (non-hydrogen) atoms. The van der Waals surface area contributed by atoms with E-state index in [-0.39, 0.29) is 24.2 Å². The van der Waals surface area contributed by atoms with Crippen molar-refractivity contribution in [3.63, 3.8) is 0 Å². The summed E-state index contributed by atoms with van der Waals surface area (Å²) in [6, 6.07) is 17.9. The quantitative estimate of drug-likeness (QED) is 0.297. The minimum Gasteiger partial charge on any atom is -0.366 e. The van der Waals surface area contributed by atoms with E-state index in [1.807, 2.05) is 46.8 Å². The zero-order chi connectivity index (χ0) is 28.3. The number of halogens is 1. The molecule has 2 N–H and O–H groups in total. The maximum atomic E-state index is 15.1. The number of hydrogen-bond acceptors (Lipinski definition) is 8. The predicted molar refractivity (Wildman–Crippen MR) is 150 cm³/mol. The summed E-state index contributed by atoms with van der Waals surface area (Å²) in [6.45, 7) is 2.05. The van der Waals surface area contributed by atoms with Crippen molar-refractivity contribution >= 4 is 34.2 Å². The number of carbonyl (C=O) groups is 2. The molecular formula is C29H28FN7O4. The van der Waals surface area contributed by atoms with Crippen LogP contribution in [0.5, 0.6) is 0 Å². The van der Waals surface area contributed by atoms with Crippen molar-refractivity contribution in [2.75, 3.05) is 42.9 Å². The van der Waals surface area contributed by atoms with Gasteiger partial charge in [0.1, 0.15) is 23.5 Å². The number of rotatable bonds is 8. The second-order valence-corrected chi connectivity index (χ2v) is 9.78. The Hall–Kier alpha value is -5.13. The molecule has 4 heterocycles. The summed E-state index contributed by atoms with van der Waals surface area (Å²) >= 11 is 0. The third-order valence-electron chi connectivity index (χ3n) is 7.24. The van der Waals surface area contributed by atoms with E-state index < -0.39 is 0 Å². The number of anilines is 2. The first kappa shape index (κ1) is 26.1. The number of piperazine rings is 1. The van der Waals surface area contributed by atoms with E-state index in [0.29, 0.717) is 66.9 Å².